The van der Waals surface area contributed by atoms with Crippen LogP contribution in [0.15, 0.2) is 24.3 Å². The van der Waals surface area contributed by atoms with Crippen LogP contribution in [-0.4, -0.2) is 13.1 Å². The molecule has 66 valence electrons. The summed E-state index contributed by atoms with van der Waals surface area (Å²) in [6.45, 7) is 13.8. The zero-order chi connectivity index (χ0) is 9.11. The lowest BCUT2D eigenvalue weighted by molar-refractivity contribution is 0.797. The van der Waals surface area contributed by atoms with Crippen molar-refractivity contribution in [3.63, 3.8) is 0 Å². The highest BCUT2D eigenvalue weighted by molar-refractivity contribution is 5.12. The minimum atomic E-state index is 0.953. The Bertz CT molecular complexity index is 103. The van der Waals surface area contributed by atoms with Gasteiger partial charge in [0.15, 0.2) is 0 Å². The van der Waals surface area contributed by atoms with Crippen LogP contribution in [0.3, 0.4) is 0 Å². The predicted octanol–water partition coefficient (Wildman–Crippen LogP) is 2.75. The maximum Gasteiger partial charge on any atom is 0.0140 e. The molecular formula is C10H21N. The Balaban J connectivity index is 0. The smallest absolute Gasteiger partial charge is 0.0140 e. The van der Waals surface area contributed by atoms with E-state index in [2.05, 4.69) is 24.9 Å². The maximum absolute atomic E-state index is 3.64. The molecule has 0 fully saturated rings. The van der Waals surface area contributed by atoms with Crippen molar-refractivity contribution in [1.82, 2.24) is 5.32 Å². The van der Waals surface area contributed by atoms with E-state index in [9.17, 15) is 0 Å². The van der Waals surface area contributed by atoms with Crippen LogP contribution in [0.1, 0.15) is 27.7 Å². The zero-order valence-corrected chi connectivity index (χ0v) is 8.28. The van der Waals surface area contributed by atoms with Gasteiger partial charge in [0.05, 0.1) is 0 Å². The van der Waals surface area contributed by atoms with Gasteiger partial charge >= 0.3 is 0 Å². The monoisotopic (exact) mass is 155 g/mol. The minimum Gasteiger partial charge on any atom is -0.314 e. The summed E-state index contributed by atoms with van der Waals surface area (Å²) < 4.78 is 0. The van der Waals surface area contributed by atoms with Crippen LogP contribution in [0, 0.1) is 0 Å². The largest absolute Gasteiger partial charge is 0.314 e. The Labute approximate surface area is 71.2 Å². The normalized spacial score (nSPS) is 10.0. The first-order valence-corrected chi connectivity index (χ1v) is 4.31. The summed E-state index contributed by atoms with van der Waals surface area (Å²) in [7, 11) is 0. The van der Waals surface area contributed by atoms with Gasteiger partial charge in [0, 0.05) is 6.54 Å². The molecule has 0 amide bonds. The summed E-state index contributed by atoms with van der Waals surface area (Å²) in [5, 5.41) is 3.19. The zero-order valence-electron chi connectivity index (χ0n) is 8.28. The van der Waals surface area contributed by atoms with E-state index in [1.54, 1.807) is 0 Å². The molecular weight excluding hydrogens is 134 g/mol. The predicted molar refractivity (Wildman–Crippen MR) is 53.8 cm³/mol. The highest BCUT2D eigenvalue weighted by Gasteiger charge is 1.77. The molecule has 0 aromatic rings. The van der Waals surface area contributed by atoms with Crippen molar-refractivity contribution in [2.24, 2.45) is 0 Å². The first-order valence-electron chi connectivity index (χ1n) is 4.31. The third kappa shape index (κ3) is 12.6. The lowest BCUT2D eigenvalue weighted by Gasteiger charge is -1.93. The van der Waals surface area contributed by atoms with Crippen molar-refractivity contribution in [1.29, 1.82) is 0 Å². The average molecular weight is 155 g/mol. The van der Waals surface area contributed by atoms with Crippen LogP contribution >= 0.6 is 0 Å². The molecule has 0 aliphatic heterocycles. The van der Waals surface area contributed by atoms with Crippen LogP contribution < -0.4 is 5.32 Å². The SMILES string of the molecule is C=C/C(C)=C/CNCC.CC. The Morgan fingerprint density at radius 1 is 1.45 bits per heavy atom. The minimum absolute atomic E-state index is 0.953. The molecule has 0 radical (unpaired) electrons. The molecule has 0 aromatic heterocycles. The Kier molecular flexibility index (Phi) is 14.4. The molecule has 0 aliphatic rings. The van der Waals surface area contributed by atoms with E-state index in [0.29, 0.717) is 0 Å². The first kappa shape index (κ1) is 13.1. The molecule has 0 saturated heterocycles. The maximum atomic E-state index is 3.64. The van der Waals surface area contributed by atoms with Crippen LogP contribution in [0.5, 0.6) is 0 Å². The van der Waals surface area contributed by atoms with Gasteiger partial charge in [-0.1, -0.05) is 45.1 Å². The highest BCUT2D eigenvalue weighted by Crippen LogP contribution is 1.89. The van der Waals surface area contributed by atoms with E-state index in [0.717, 1.165) is 13.1 Å². The average Bonchev–Trinajstić information content (AvgIpc) is 2.08. The first-order chi connectivity index (χ1) is 5.31. The number of hydrogen-bond donors (Lipinski definition) is 1. The van der Waals surface area contributed by atoms with Crippen molar-refractivity contribution in [2.75, 3.05) is 13.1 Å². The molecule has 0 rings (SSSR count). The molecule has 0 saturated carbocycles. The number of nitrogens with one attached hydrogen (secondary N) is 1. The van der Waals surface area contributed by atoms with E-state index in [4.69, 9.17) is 0 Å². The number of likely N-dealkylation sites (N-methyl/N-ethyl adjacent to an activating group) is 1. The lowest BCUT2D eigenvalue weighted by Crippen LogP contribution is -2.11. The van der Waals surface area contributed by atoms with E-state index in [-0.39, 0.29) is 0 Å². The van der Waals surface area contributed by atoms with Crippen molar-refractivity contribution >= 4 is 0 Å². The molecule has 0 unspecified atom stereocenters. The molecule has 0 bridgehead atoms. The third-order valence-electron chi connectivity index (χ3n) is 1.14. The molecule has 1 nitrogen and oxygen atoms in total. The fraction of sp³-hybridized carbons (Fsp3) is 0.600. The summed E-state index contributed by atoms with van der Waals surface area (Å²) in [6.07, 6.45) is 3.98. The fourth-order valence-corrected chi connectivity index (χ4v) is 0.461. The van der Waals surface area contributed by atoms with Crippen molar-refractivity contribution in [2.45, 2.75) is 27.7 Å². The molecule has 1 heteroatoms. The second-order valence-electron chi connectivity index (χ2n) is 1.96. The molecule has 1 N–H and O–H groups in total. The Hall–Kier alpha value is -0.560. The van der Waals surface area contributed by atoms with Gasteiger partial charge in [0.1, 0.15) is 0 Å². The summed E-state index contributed by atoms with van der Waals surface area (Å²) in [5.74, 6) is 0. The van der Waals surface area contributed by atoms with Gasteiger partial charge in [-0.2, -0.15) is 0 Å². The van der Waals surface area contributed by atoms with Gasteiger partial charge < -0.3 is 5.32 Å². The number of hydrogen-bond acceptors (Lipinski definition) is 1. The van der Waals surface area contributed by atoms with Crippen LogP contribution in [0.25, 0.3) is 0 Å². The van der Waals surface area contributed by atoms with E-state index in [1.165, 1.54) is 5.57 Å². The van der Waals surface area contributed by atoms with Crippen molar-refractivity contribution in [3.8, 4) is 0 Å². The van der Waals surface area contributed by atoms with E-state index < -0.39 is 0 Å². The van der Waals surface area contributed by atoms with Gasteiger partial charge in [0.25, 0.3) is 0 Å². The van der Waals surface area contributed by atoms with Crippen LogP contribution in [0.2, 0.25) is 0 Å². The lowest BCUT2D eigenvalue weighted by atomic mass is 10.3. The summed E-state index contributed by atoms with van der Waals surface area (Å²) in [6, 6.07) is 0. The second-order valence-corrected chi connectivity index (χ2v) is 1.96. The number of rotatable bonds is 4. The van der Waals surface area contributed by atoms with E-state index >= 15 is 0 Å². The summed E-state index contributed by atoms with van der Waals surface area (Å²) in [5.41, 5.74) is 1.23. The van der Waals surface area contributed by atoms with E-state index in [1.807, 2.05) is 26.8 Å². The molecule has 0 atom stereocenters. The third-order valence-corrected chi connectivity index (χ3v) is 1.14. The standard InChI is InChI=1S/C8H15N.C2H6/c1-4-8(3)6-7-9-5-2;1-2/h4,6,9H,1,5,7H2,2-3H3;1-2H3/b8-6+;. The van der Waals surface area contributed by atoms with Gasteiger partial charge in [-0.25, -0.2) is 0 Å². The van der Waals surface area contributed by atoms with Gasteiger partial charge in [-0.05, 0) is 13.5 Å². The quantitative estimate of drug-likeness (QED) is 0.486. The Morgan fingerprint density at radius 2 is 2.00 bits per heavy atom. The fourth-order valence-electron chi connectivity index (χ4n) is 0.461. The highest BCUT2D eigenvalue weighted by atomic mass is 14.8. The van der Waals surface area contributed by atoms with Gasteiger partial charge in [0.2, 0.25) is 0 Å². The van der Waals surface area contributed by atoms with Gasteiger partial charge in [-0.15, -0.1) is 0 Å². The summed E-state index contributed by atoms with van der Waals surface area (Å²) >= 11 is 0. The Morgan fingerprint density at radius 3 is 2.36 bits per heavy atom. The molecule has 0 aliphatic carbocycles. The van der Waals surface area contributed by atoms with Crippen LogP contribution in [0.4, 0.5) is 0 Å². The van der Waals surface area contributed by atoms with Crippen molar-refractivity contribution in [3.05, 3.63) is 24.3 Å². The van der Waals surface area contributed by atoms with Gasteiger partial charge in [-0.3, -0.25) is 0 Å². The van der Waals surface area contributed by atoms with Crippen molar-refractivity contribution < 1.29 is 0 Å². The molecule has 0 spiro atoms. The molecule has 11 heavy (non-hydrogen) atoms. The van der Waals surface area contributed by atoms with Crippen LogP contribution in [-0.2, 0) is 0 Å². The molecule has 0 aromatic carbocycles. The number of allylic oxidation sites excluding steroid dienone is 2. The molecule has 0 heterocycles. The summed E-state index contributed by atoms with van der Waals surface area (Å²) in [4.78, 5) is 0. The topological polar surface area (TPSA) is 12.0 Å². The second kappa shape index (κ2) is 12.1.